The van der Waals surface area contributed by atoms with Crippen molar-refractivity contribution in [3.05, 3.63) is 68.4 Å². The van der Waals surface area contributed by atoms with Crippen LogP contribution in [0.25, 0.3) is 27.5 Å². The second kappa shape index (κ2) is 21.6. The predicted octanol–water partition coefficient (Wildman–Crippen LogP) is -1.07. The number of carboxylic acids is 3. The van der Waals surface area contributed by atoms with Gasteiger partial charge in [-0.2, -0.15) is 10.7 Å². The van der Waals surface area contributed by atoms with Crippen LogP contribution < -0.4 is 27.2 Å². The molecule has 2 heterocycles. The van der Waals surface area contributed by atoms with Crippen molar-refractivity contribution in [1.82, 2.24) is 30.6 Å². The number of aromatic nitrogens is 4. The van der Waals surface area contributed by atoms with Crippen molar-refractivity contribution in [2.75, 3.05) is 23.3 Å². The molecule has 0 aliphatic rings. The summed E-state index contributed by atoms with van der Waals surface area (Å²) in [6, 6.07) is -1.01. The Morgan fingerprint density at radius 2 is 1.61 bits per heavy atom. The number of nitrogens with one attached hydrogen (secondary N) is 5. The van der Waals surface area contributed by atoms with Gasteiger partial charge in [-0.1, -0.05) is 12.1 Å². The molecule has 2 aromatic heterocycles. The second-order valence-electron chi connectivity index (χ2n) is 10.7. The van der Waals surface area contributed by atoms with Crippen LogP contribution in [-0.4, -0.2) is 113 Å². The zero-order valence-electron chi connectivity index (χ0n) is 27.6. The molecule has 0 unspecified atom stereocenters. The van der Waals surface area contributed by atoms with Gasteiger partial charge in [0.2, 0.25) is 11.9 Å². The van der Waals surface area contributed by atoms with Gasteiger partial charge in [-0.25, -0.2) is 14.8 Å². The van der Waals surface area contributed by atoms with E-state index in [4.69, 9.17) is 25.2 Å². The number of aromatic amines is 1. The quantitative estimate of drug-likeness (QED) is 0.0665. The predicted molar refractivity (Wildman–Crippen MR) is 182 cm³/mol. The molecule has 0 saturated carbocycles. The minimum atomic E-state index is -1.93. The van der Waals surface area contributed by atoms with Gasteiger partial charge in [0.05, 0.1) is 18.4 Å². The molecule has 3 aromatic rings. The average molecular weight is 857 g/mol. The van der Waals surface area contributed by atoms with Gasteiger partial charge in [0.1, 0.15) is 6.04 Å². The number of hydrogen-bond acceptors (Lipinski definition) is 15. The van der Waals surface area contributed by atoms with Crippen molar-refractivity contribution in [3.63, 3.8) is 0 Å². The number of rotatable bonds is 19. The first-order valence-corrected chi connectivity index (χ1v) is 16.5. The van der Waals surface area contributed by atoms with Crippen LogP contribution in [0.2, 0.25) is 0 Å². The van der Waals surface area contributed by atoms with E-state index in [2.05, 4.69) is 59.1 Å². The van der Waals surface area contributed by atoms with E-state index in [1.54, 1.807) is 0 Å². The molecule has 23 nitrogen and oxygen atoms in total. The molecule has 10 N–H and O–H groups in total. The molecule has 1 aromatic carbocycles. The van der Waals surface area contributed by atoms with E-state index in [0.29, 0.717) is 11.4 Å². The first-order chi connectivity index (χ1) is 25.6. The molecule has 0 bridgehead atoms. The average Bonchev–Trinajstić information content (AvgIpc) is 3.13. The van der Waals surface area contributed by atoms with Crippen molar-refractivity contribution in [1.29, 1.82) is 0 Å². The Labute approximate surface area is 319 Å². The van der Waals surface area contributed by atoms with Crippen LogP contribution in [0.3, 0.4) is 0 Å². The first-order valence-electron chi connectivity index (χ1n) is 15.1. The molecule has 0 aliphatic carbocycles. The Bertz CT molecular complexity index is 1920. The number of carboxylic acid groups (broad SMARTS) is 3. The van der Waals surface area contributed by atoms with Crippen LogP contribution >= 0.6 is 0 Å². The summed E-state index contributed by atoms with van der Waals surface area (Å²) in [6.45, 7) is -0.504. The standard InChI is InChI=1S/C29H34N11O11S.O.Tc/c30-15(24(45)37-17(7-20(42)43)25(46)38-18(11-52)28(50)51)10-33-19(41)6-5-16(27(48)49)36-23(44)12-1-3-13(4-2-12)32-8-14-9-34-22-21(35-14)26(47)40-29(31)39-22;;/h1-4,9,15-18,30H,5-8,10-11H2,(H12,31,32,33,34,36,37,38,39,40,41,42,43,44,45,46,47,48,49,50,51,52);;/q-1;;+4/p-3/t15-,16+,17-,18-;;/m0../s1/i;;1+1. The van der Waals surface area contributed by atoms with E-state index in [0.717, 1.165) is 18.9 Å². The molecule has 3 rings (SSSR count). The van der Waals surface area contributed by atoms with Gasteiger partial charge in [-0.3, -0.25) is 29.0 Å². The number of benzene rings is 1. The van der Waals surface area contributed by atoms with Crippen LogP contribution in [-0.2, 0) is 70.3 Å². The number of fused-ring (bicyclic) bond motifs is 1. The molecule has 0 spiro atoms. The number of nitrogens with zero attached hydrogens (tertiary/aromatic N) is 5. The van der Waals surface area contributed by atoms with E-state index in [-0.39, 0.29) is 35.6 Å². The number of nitrogens with two attached hydrogens (primary N) is 1. The molecule has 54 heavy (non-hydrogen) atoms. The molecule has 287 valence electrons. The number of anilines is 2. The number of amides is 4. The fourth-order valence-electron chi connectivity index (χ4n) is 4.15. The summed E-state index contributed by atoms with van der Waals surface area (Å²) in [5.41, 5.74) is 14.0. The van der Waals surface area contributed by atoms with Crippen molar-refractivity contribution in [3.8, 4) is 0 Å². The first kappa shape index (κ1) is 44.3. The van der Waals surface area contributed by atoms with E-state index in [1.807, 2.05) is 0 Å². The Balaban J connectivity index is 0.00000495. The Morgan fingerprint density at radius 3 is 2.20 bits per heavy atom. The molecule has 0 saturated heterocycles. The molecule has 4 atom stereocenters. The van der Waals surface area contributed by atoms with Gasteiger partial charge in [0.15, 0.2) is 11.2 Å². The SMILES string of the molecule is [NH-][C@@H](CNC(=O)CC[C@@H](NC(=O)c1ccc(NCc2cnc3nc(N)[nH]c(=O)c3n2)cc1)C(=O)O)C(=O)[N-][C@@H](CC(=O)O)C(=O)[N-][C@@H](C[S-])C(=O)O.[O]=[99Tc+4]. The second-order valence-corrected chi connectivity index (χ2v) is 11.1. The summed E-state index contributed by atoms with van der Waals surface area (Å²) >= 11 is 5.49. The molecule has 0 radical (unpaired) electrons. The summed E-state index contributed by atoms with van der Waals surface area (Å²) in [7, 11) is 0. The van der Waals surface area contributed by atoms with Crippen molar-refractivity contribution < 1.29 is 71.2 Å². The monoisotopic (exact) mass is 856 g/mol. The minimum absolute atomic E-state index is 0.00153. The zero-order chi connectivity index (χ0) is 40.5. The summed E-state index contributed by atoms with van der Waals surface area (Å²) in [5, 5.41) is 41.8. The third-order valence-electron chi connectivity index (χ3n) is 6.83. The van der Waals surface area contributed by atoms with Crippen LogP contribution in [0, 0.1) is 0 Å². The van der Waals surface area contributed by atoms with E-state index >= 15 is 0 Å². The Kier molecular flexibility index (Phi) is 17.7. The summed E-state index contributed by atoms with van der Waals surface area (Å²) in [5.74, 6) is -9.36. The topological polar surface area (TPSA) is 383 Å². The number of H-pyrrole nitrogens is 1. The molecule has 4 amide bonds. The molecular formula is C29H31N11O12STc. The van der Waals surface area contributed by atoms with Gasteiger partial charge < -0.3 is 75.6 Å². The van der Waals surface area contributed by atoms with Crippen molar-refractivity contribution in [2.45, 2.75) is 50.0 Å². The van der Waals surface area contributed by atoms with Crippen molar-refractivity contribution >= 4 is 77.0 Å². The van der Waals surface area contributed by atoms with E-state index < -0.39 is 96.4 Å². The Hall–Kier alpha value is -5.91. The van der Waals surface area contributed by atoms with Crippen LogP contribution in [0.5, 0.6) is 0 Å². The van der Waals surface area contributed by atoms with Gasteiger partial charge in [-0.15, -0.1) is 0 Å². The fourth-order valence-corrected chi connectivity index (χ4v) is 4.37. The zero-order valence-corrected chi connectivity index (χ0v) is 30.2. The van der Waals surface area contributed by atoms with Gasteiger partial charge in [0, 0.05) is 42.5 Å². The van der Waals surface area contributed by atoms with Gasteiger partial charge >= 0.3 is 34.3 Å². The fraction of sp³-hybridized carbons (Fsp3) is 0.345. The van der Waals surface area contributed by atoms with Gasteiger partial charge in [-0.05, 0) is 36.7 Å². The maximum absolute atomic E-state index is 12.7. The Morgan fingerprint density at radius 1 is 0.963 bits per heavy atom. The molecule has 0 fully saturated rings. The molecular weight excluding hydrogens is 825 g/mol. The van der Waals surface area contributed by atoms with Crippen LogP contribution in [0.1, 0.15) is 35.3 Å². The number of carbonyl (C=O) groups excluding carboxylic acids is 4. The van der Waals surface area contributed by atoms with Crippen molar-refractivity contribution in [2.24, 2.45) is 0 Å². The summed E-state index contributed by atoms with van der Waals surface area (Å²) < 4.78 is 8.22. The van der Waals surface area contributed by atoms with Gasteiger partial charge in [0.25, 0.3) is 17.4 Å². The number of nitrogen functional groups attached to an aromatic ring is 1. The summed E-state index contributed by atoms with van der Waals surface area (Å²) in [4.78, 5) is 110. The molecule has 25 heteroatoms. The number of hydrogen-bond donors (Lipinski definition) is 8. The number of carbonyl (C=O) groups is 7. The third kappa shape index (κ3) is 13.9. The van der Waals surface area contributed by atoms with Crippen LogP contribution in [0.15, 0.2) is 35.3 Å². The third-order valence-corrected chi connectivity index (χ3v) is 7.15. The van der Waals surface area contributed by atoms with E-state index in [1.165, 1.54) is 30.5 Å². The summed E-state index contributed by atoms with van der Waals surface area (Å²) in [6.07, 6.45) is -0.457. The number of aliphatic carboxylic acids is 3. The van der Waals surface area contributed by atoms with Crippen LogP contribution in [0.4, 0.5) is 11.6 Å². The van der Waals surface area contributed by atoms with E-state index in [9.17, 15) is 43.5 Å². The normalized spacial score (nSPS) is 12.7. The maximum atomic E-state index is 12.7. The molecule has 0 aliphatic heterocycles.